The summed E-state index contributed by atoms with van der Waals surface area (Å²) in [5.74, 6) is -0.0775. The first kappa shape index (κ1) is 13.5. The van der Waals surface area contributed by atoms with Gasteiger partial charge in [0.05, 0.1) is 6.61 Å². The lowest BCUT2D eigenvalue weighted by Crippen LogP contribution is -2.43. The number of hydrogen-bond donors (Lipinski definition) is 1. The second-order valence-electron chi connectivity index (χ2n) is 5.59. The van der Waals surface area contributed by atoms with E-state index >= 15 is 0 Å². The molecule has 0 aromatic heterocycles. The maximum atomic E-state index is 12.1. The normalized spacial score (nSPS) is 30.2. The van der Waals surface area contributed by atoms with E-state index in [1.54, 1.807) is 7.11 Å². The molecule has 2 rings (SSSR count). The fourth-order valence-electron chi connectivity index (χ4n) is 2.76. The first-order valence-electron chi connectivity index (χ1n) is 6.51. The number of ether oxygens (including phenoxy) is 1. The molecule has 1 aliphatic carbocycles. The molecule has 0 spiro atoms. The smallest absolute Gasteiger partial charge is 0.233 e. The summed E-state index contributed by atoms with van der Waals surface area (Å²) in [5, 5.41) is 3.02. The number of nitrogens with zero attached hydrogens (tertiary/aromatic N) is 1. The zero-order valence-corrected chi connectivity index (χ0v) is 11.4. The van der Waals surface area contributed by atoms with Gasteiger partial charge in [-0.05, 0) is 33.2 Å². The summed E-state index contributed by atoms with van der Waals surface area (Å²) in [6, 6.07) is 0.493. The van der Waals surface area contributed by atoms with Crippen molar-refractivity contribution >= 4 is 11.7 Å². The summed E-state index contributed by atoms with van der Waals surface area (Å²) in [7, 11) is 3.72. The maximum Gasteiger partial charge on any atom is 0.233 e. The topological polar surface area (TPSA) is 58.6 Å². The predicted molar refractivity (Wildman–Crippen MR) is 67.2 cm³/mol. The highest BCUT2D eigenvalue weighted by atomic mass is 16.5. The van der Waals surface area contributed by atoms with Gasteiger partial charge >= 0.3 is 0 Å². The lowest BCUT2D eigenvalue weighted by atomic mass is 10.0. The van der Waals surface area contributed by atoms with Crippen molar-refractivity contribution in [2.24, 2.45) is 5.41 Å². The van der Waals surface area contributed by atoms with Crippen LogP contribution >= 0.6 is 0 Å². The second kappa shape index (κ2) is 4.97. The molecule has 0 unspecified atom stereocenters. The van der Waals surface area contributed by atoms with Crippen molar-refractivity contribution < 1.29 is 14.3 Å². The Morgan fingerprint density at radius 2 is 2.11 bits per heavy atom. The number of Topliss-reactive ketones (excluding diaryl/α,β-unsaturated/α-hetero) is 1. The van der Waals surface area contributed by atoms with Gasteiger partial charge in [-0.1, -0.05) is 0 Å². The molecule has 1 aliphatic heterocycles. The Morgan fingerprint density at radius 1 is 1.44 bits per heavy atom. The minimum Gasteiger partial charge on any atom is -0.383 e. The molecule has 0 aromatic rings. The van der Waals surface area contributed by atoms with Gasteiger partial charge in [0.25, 0.3) is 0 Å². The molecule has 102 valence electrons. The number of rotatable bonds is 5. The van der Waals surface area contributed by atoms with Crippen molar-refractivity contribution in [1.29, 1.82) is 0 Å². The third-order valence-electron chi connectivity index (χ3n) is 4.24. The third-order valence-corrected chi connectivity index (χ3v) is 4.24. The molecule has 2 fully saturated rings. The van der Waals surface area contributed by atoms with Crippen LogP contribution in [0.5, 0.6) is 0 Å². The summed E-state index contributed by atoms with van der Waals surface area (Å²) < 4.78 is 5.16. The summed E-state index contributed by atoms with van der Waals surface area (Å²) in [6.45, 7) is 3.02. The van der Waals surface area contributed by atoms with Crippen LogP contribution in [0.3, 0.4) is 0 Å². The van der Waals surface area contributed by atoms with Gasteiger partial charge in [-0.3, -0.25) is 14.5 Å². The van der Waals surface area contributed by atoms with Crippen LogP contribution < -0.4 is 5.32 Å². The Labute approximate surface area is 108 Å². The molecule has 5 heteroatoms. The molecule has 1 amide bonds. The van der Waals surface area contributed by atoms with Crippen LogP contribution in [0.4, 0.5) is 0 Å². The average Bonchev–Trinajstić information content (AvgIpc) is 3.03. The molecule has 0 radical (unpaired) electrons. The van der Waals surface area contributed by atoms with Crippen molar-refractivity contribution in [2.75, 3.05) is 27.3 Å². The first-order chi connectivity index (χ1) is 8.49. The van der Waals surface area contributed by atoms with Crippen LogP contribution in [0.2, 0.25) is 0 Å². The number of likely N-dealkylation sites (tertiary alicyclic amines) is 1. The second-order valence-corrected chi connectivity index (χ2v) is 5.59. The van der Waals surface area contributed by atoms with Gasteiger partial charge in [0, 0.05) is 25.7 Å². The third kappa shape index (κ3) is 2.42. The number of carbonyl (C=O) groups excluding carboxylic acids is 2. The Kier molecular flexibility index (Phi) is 3.73. The fraction of sp³-hybridized carbons (Fsp3) is 0.846. The Balaban J connectivity index is 1.88. The Hall–Kier alpha value is -0.940. The Bertz CT molecular complexity index is 352. The Morgan fingerprint density at radius 3 is 2.61 bits per heavy atom. The van der Waals surface area contributed by atoms with Crippen molar-refractivity contribution in [3.63, 3.8) is 0 Å². The van der Waals surface area contributed by atoms with Gasteiger partial charge < -0.3 is 10.1 Å². The molecule has 0 bridgehead atoms. The minimum atomic E-state index is -0.697. The van der Waals surface area contributed by atoms with Gasteiger partial charge in [-0.25, -0.2) is 0 Å². The molecule has 18 heavy (non-hydrogen) atoms. The molecule has 5 nitrogen and oxygen atoms in total. The highest BCUT2D eigenvalue weighted by Crippen LogP contribution is 2.46. The largest absolute Gasteiger partial charge is 0.383 e. The molecule has 1 heterocycles. The number of amides is 1. The van der Waals surface area contributed by atoms with E-state index in [1.165, 1.54) is 6.92 Å². The summed E-state index contributed by atoms with van der Waals surface area (Å²) >= 11 is 0. The zero-order valence-electron chi connectivity index (χ0n) is 11.4. The van der Waals surface area contributed by atoms with Crippen LogP contribution in [-0.2, 0) is 14.3 Å². The molecular weight excluding hydrogens is 232 g/mol. The summed E-state index contributed by atoms with van der Waals surface area (Å²) in [6.07, 6.45) is 2.31. The van der Waals surface area contributed by atoms with Crippen molar-refractivity contribution in [3.8, 4) is 0 Å². The lowest BCUT2D eigenvalue weighted by Gasteiger charge is -2.17. The van der Waals surface area contributed by atoms with E-state index in [4.69, 9.17) is 4.74 Å². The predicted octanol–water partition coefficient (Wildman–Crippen LogP) is 0.191. The molecule has 1 saturated heterocycles. The van der Waals surface area contributed by atoms with E-state index in [-0.39, 0.29) is 17.7 Å². The van der Waals surface area contributed by atoms with E-state index in [2.05, 4.69) is 10.2 Å². The summed E-state index contributed by atoms with van der Waals surface area (Å²) in [5.41, 5.74) is -0.697. The highest BCUT2D eigenvalue weighted by Gasteiger charge is 2.54. The van der Waals surface area contributed by atoms with Gasteiger partial charge in [0.1, 0.15) is 11.2 Å². The van der Waals surface area contributed by atoms with E-state index < -0.39 is 5.41 Å². The standard InChI is InChI=1S/C13H22N2O3/c1-9(16)13(4-5-13)12(17)14-10-6-11(8-18-3)15(2)7-10/h10-11H,4-8H2,1-3H3,(H,14,17)/t10-,11+/m1/s1. The van der Waals surface area contributed by atoms with Gasteiger partial charge in [0.15, 0.2) is 0 Å². The van der Waals surface area contributed by atoms with Gasteiger partial charge in [-0.2, -0.15) is 0 Å². The molecule has 2 atom stereocenters. The van der Waals surface area contributed by atoms with Crippen LogP contribution in [0.15, 0.2) is 0 Å². The van der Waals surface area contributed by atoms with E-state index in [1.807, 2.05) is 7.05 Å². The average molecular weight is 254 g/mol. The number of carbonyl (C=O) groups is 2. The number of methoxy groups -OCH3 is 1. The van der Waals surface area contributed by atoms with E-state index in [0.29, 0.717) is 25.5 Å². The number of ketones is 1. The fourth-order valence-corrected chi connectivity index (χ4v) is 2.76. The summed E-state index contributed by atoms with van der Waals surface area (Å²) in [4.78, 5) is 25.8. The monoisotopic (exact) mass is 254 g/mol. The number of hydrogen-bond acceptors (Lipinski definition) is 4. The number of likely N-dealkylation sites (N-methyl/N-ethyl adjacent to an activating group) is 1. The maximum absolute atomic E-state index is 12.1. The van der Waals surface area contributed by atoms with Gasteiger partial charge in [-0.15, -0.1) is 0 Å². The quantitative estimate of drug-likeness (QED) is 0.712. The minimum absolute atomic E-state index is 0.000192. The highest BCUT2D eigenvalue weighted by molar-refractivity contribution is 6.07. The molecule has 2 aliphatic rings. The number of nitrogens with one attached hydrogen (secondary N) is 1. The molecule has 0 aromatic carbocycles. The van der Waals surface area contributed by atoms with Crippen molar-refractivity contribution in [3.05, 3.63) is 0 Å². The van der Waals surface area contributed by atoms with Crippen LogP contribution in [0, 0.1) is 5.41 Å². The van der Waals surface area contributed by atoms with Crippen molar-refractivity contribution in [2.45, 2.75) is 38.3 Å². The van der Waals surface area contributed by atoms with Crippen molar-refractivity contribution in [1.82, 2.24) is 10.2 Å². The van der Waals surface area contributed by atoms with Crippen LogP contribution in [0.1, 0.15) is 26.2 Å². The van der Waals surface area contributed by atoms with Gasteiger partial charge in [0.2, 0.25) is 5.91 Å². The van der Waals surface area contributed by atoms with E-state index in [0.717, 1.165) is 13.0 Å². The molecular formula is C13H22N2O3. The SMILES string of the molecule is COC[C@@H]1C[C@@H](NC(=O)C2(C(C)=O)CC2)CN1C. The van der Waals surface area contributed by atoms with Crippen LogP contribution in [0.25, 0.3) is 0 Å². The first-order valence-corrected chi connectivity index (χ1v) is 6.51. The van der Waals surface area contributed by atoms with Crippen LogP contribution in [-0.4, -0.2) is 56.0 Å². The zero-order chi connectivity index (χ0) is 13.3. The lowest BCUT2D eigenvalue weighted by molar-refractivity contribution is -0.135. The molecule has 1 N–H and O–H groups in total. The molecule has 1 saturated carbocycles. The van der Waals surface area contributed by atoms with E-state index in [9.17, 15) is 9.59 Å².